The van der Waals surface area contributed by atoms with E-state index in [9.17, 15) is 22.7 Å². The number of aliphatic hydroxyl groups is 1. The Bertz CT molecular complexity index is 543. The number of fused-ring (bicyclic) bond motifs is 1. The zero-order chi connectivity index (χ0) is 15.3. The van der Waals surface area contributed by atoms with Crippen molar-refractivity contribution in [3.8, 4) is 5.75 Å². The van der Waals surface area contributed by atoms with Gasteiger partial charge in [-0.2, -0.15) is 13.2 Å². The summed E-state index contributed by atoms with van der Waals surface area (Å²) in [5.74, 6) is -1.61. The van der Waals surface area contributed by atoms with Gasteiger partial charge in [-0.3, -0.25) is 0 Å². The van der Waals surface area contributed by atoms with Crippen LogP contribution in [0.1, 0.15) is 43.8 Å². The molecule has 1 spiro atoms. The number of rotatable bonds is 0. The van der Waals surface area contributed by atoms with Gasteiger partial charge in [-0.1, -0.05) is 0 Å². The van der Waals surface area contributed by atoms with E-state index >= 15 is 0 Å². The molecule has 0 amide bonds. The van der Waals surface area contributed by atoms with Crippen LogP contribution in [0.5, 0.6) is 5.75 Å². The van der Waals surface area contributed by atoms with Crippen LogP contribution in [0.25, 0.3) is 0 Å². The third kappa shape index (κ3) is 2.73. The Morgan fingerprint density at radius 2 is 2.00 bits per heavy atom. The summed E-state index contributed by atoms with van der Waals surface area (Å²) in [7, 11) is 0. The van der Waals surface area contributed by atoms with Crippen molar-refractivity contribution >= 4 is 0 Å². The topological polar surface area (TPSA) is 29.5 Å². The predicted octanol–water partition coefficient (Wildman–Crippen LogP) is 4.13. The van der Waals surface area contributed by atoms with Crippen molar-refractivity contribution < 1.29 is 27.4 Å². The average Bonchev–Trinajstić information content (AvgIpc) is 2.39. The standard InChI is InChI=1S/C15H16F4O2/c16-10-3-4-13-11(6-10)12(20)8-14(21-13)5-1-2-9(7-14)15(17,18)19/h3-4,6,9,12,20H,1-2,5,7-8H2. The van der Waals surface area contributed by atoms with Gasteiger partial charge in [0.1, 0.15) is 17.2 Å². The number of ether oxygens (including phenoxy) is 1. The molecule has 116 valence electrons. The highest BCUT2D eigenvalue weighted by atomic mass is 19.4. The van der Waals surface area contributed by atoms with E-state index in [0.717, 1.165) is 0 Å². The van der Waals surface area contributed by atoms with Gasteiger partial charge in [0.25, 0.3) is 0 Å². The summed E-state index contributed by atoms with van der Waals surface area (Å²) >= 11 is 0. The first-order valence-electron chi connectivity index (χ1n) is 7.02. The minimum atomic E-state index is -4.25. The molecule has 0 aromatic heterocycles. The van der Waals surface area contributed by atoms with Crippen LogP contribution in [-0.2, 0) is 0 Å². The van der Waals surface area contributed by atoms with Crippen molar-refractivity contribution in [3.63, 3.8) is 0 Å². The molecule has 0 bridgehead atoms. The summed E-state index contributed by atoms with van der Waals surface area (Å²) in [5.41, 5.74) is -0.683. The van der Waals surface area contributed by atoms with Gasteiger partial charge in [0.2, 0.25) is 0 Å². The van der Waals surface area contributed by atoms with Crippen molar-refractivity contribution in [3.05, 3.63) is 29.6 Å². The molecule has 2 aliphatic rings. The SMILES string of the molecule is OC1CC2(CCCC(C(F)(F)F)C2)Oc2ccc(F)cc21. The van der Waals surface area contributed by atoms with Crippen LogP contribution in [-0.4, -0.2) is 16.9 Å². The maximum atomic E-state index is 13.2. The summed E-state index contributed by atoms with van der Waals surface area (Å²) < 4.78 is 57.9. The Labute approximate surface area is 119 Å². The fourth-order valence-corrected chi connectivity index (χ4v) is 3.49. The Kier molecular flexibility index (Phi) is 3.39. The number of halogens is 4. The molecule has 1 aliphatic carbocycles. The maximum Gasteiger partial charge on any atom is 0.391 e. The van der Waals surface area contributed by atoms with E-state index < -0.39 is 29.6 Å². The van der Waals surface area contributed by atoms with Crippen LogP contribution < -0.4 is 4.74 Å². The first-order valence-corrected chi connectivity index (χ1v) is 7.02. The molecule has 3 unspecified atom stereocenters. The molecule has 1 saturated carbocycles. The largest absolute Gasteiger partial charge is 0.487 e. The van der Waals surface area contributed by atoms with E-state index in [4.69, 9.17) is 4.74 Å². The van der Waals surface area contributed by atoms with Crippen LogP contribution in [0.4, 0.5) is 17.6 Å². The number of alkyl halides is 3. The van der Waals surface area contributed by atoms with Crippen molar-refractivity contribution in [1.82, 2.24) is 0 Å². The lowest BCUT2D eigenvalue weighted by molar-refractivity contribution is -0.201. The van der Waals surface area contributed by atoms with Crippen LogP contribution in [0, 0.1) is 11.7 Å². The summed E-state index contributed by atoms with van der Waals surface area (Å²) in [6.07, 6.45) is -4.32. The van der Waals surface area contributed by atoms with Crippen molar-refractivity contribution in [1.29, 1.82) is 0 Å². The molecule has 1 heterocycles. The Hall–Kier alpha value is -1.30. The fraction of sp³-hybridized carbons (Fsp3) is 0.600. The maximum absolute atomic E-state index is 13.2. The lowest BCUT2D eigenvalue weighted by Crippen LogP contribution is -2.47. The second kappa shape index (κ2) is 4.87. The lowest BCUT2D eigenvalue weighted by atomic mass is 9.73. The van der Waals surface area contributed by atoms with E-state index in [1.165, 1.54) is 18.2 Å². The third-order valence-corrected chi connectivity index (χ3v) is 4.49. The summed E-state index contributed by atoms with van der Waals surface area (Å²) in [4.78, 5) is 0. The van der Waals surface area contributed by atoms with E-state index in [2.05, 4.69) is 0 Å². The smallest absolute Gasteiger partial charge is 0.391 e. The third-order valence-electron chi connectivity index (χ3n) is 4.49. The number of benzene rings is 1. The number of aliphatic hydroxyl groups excluding tert-OH is 1. The highest BCUT2D eigenvalue weighted by molar-refractivity contribution is 5.38. The quantitative estimate of drug-likeness (QED) is 0.730. The zero-order valence-corrected chi connectivity index (χ0v) is 11.3. The average molecular weight is 304 g/mol. The highest BCUT2D eigenvalue weighted by Gasteiger charge is 2.51. The second-order valence-electron chi connectivity index (χ2n) is 6.02. The molecule has 1 fully saturated rings. The molecular weight excluding hydrogens is 288 g/mol. The summed E-state index contributed by atoms with van der Waals surface area (Å²) in [6.45, 7) is 0. The van der Waals surface area contributed by atoms with Gasteiger partial charge in [-0.25, -0.2) is 4.39 Å². The van der Waals surface area contributed by atoms with E-state index in [-0.39, 0.29) is 25.0 Å². The van der Waals surface area contributed by atoms with Gasteiger partial charge < -0.3 is 9.84 Å². The van der Waals surface area contributed by atoms with Crippen LogP contribution in [0.3, 0.4) is 0 Å². The highest BCUT2D eigenvalue weighted by Crippen LogP contribution is 2.50. The van der Waals surface area contributed by atoms with Crippen LogP contribution in [0.15, 0.2) is 18.2 Å². The molecule has 0 saturated heterocycles. The van der Waals surface area contributed by atoms with E-state index in [1.807, 2.05) is 0 Å². The first-order chi connectivity index (χ1) is 9.79. The minimum Gasteiger partial charge on any atom is -0.487 e. The first kappa shape index (κ1) is 14.6. The molecular formula is C15H16F4O2. The number of hydrogen-bond donors (Lipinski definition) is 1. The Morgan fingerprint density at radius 3 is 2.71 bits per heavy atom. The lowest BCUT2D eigenvalue weighted by Gasteiger charge is -2.45. The van der Waals surface area contributed by atoms with Gasteiger partial charge in [0, 0.05) is 12.0 Å². The van der Waals surface area contributed by atoms with Gasteiger partial charge in [-0.15, -0.1) is 0 Å². The molecule has 3 atom stereocenters. The monoisotopic (exact) mass is 304 g/mol. The molecule has 2 nitrogen and oxygen atoms in total. The molecule has 3 rings (SSSR count). The normalized spacial score (nSPS) is 32.6. The number of hydrogen-bond acceptors (Lipinski definition) is 2. The molecule has 1 aromatic carbocycles. The minimum absolute atomic E-state index is 0.0794. The Balaban J connectivity index is 1.89. The molecule has 1 aromatic rings. The van der Waals surface area contributed by atoms with Crippen molar-refractivity contribution in [2.75, 3.05) is 0 Å². The predicted molar refractivity (Wildman–Crippen MR) is 67.3 cm³/mol. The van der Waals surface area contributed by atoms with E-state index in [1.54, 1.807) is 0 Å². The van der Waals surface area contributed by atoms with Gasteiger partial charge >= 0.3 is 6.18 Å². The van der Waals surface area contributed by atoms with E-state index in [0.29, 0.717) is 18.4 Å². The molecule has 21 heavy (non-hydrogen) atoms. The molecule has 1 N–H and O–H groups in total. The zero-order valence-electron chi connectivity index (χ0n) is 11.3. The molecule has 6 heteroatoms. The second-order valence-corrected chi connectivity index (χ2v) is 6.02. The van der Waals surface area contributed by atoms with Gasteiger partial charge in [0.15, 0.2) is 0 Å². The van der Waals surface area contributed by atoms with Crippen LogP contribution in [0.2, 0.25) is 0 Å². The fourth-order valence-electron chi connectivity index (χ4n) is 3.49. The van der Waals surface area contributed by atoms with Gasteiger partial charge in [-0.05, 0) is 43.9 Å². The Morgan fingerprint density at radius 1 is 1.24 bits per heavy atom. The molecule has 0 radical (unpaired) electrons. The molecule has 1 aliphatic heterocycles. The van der Waals surface area contributed by atoms with Crippen molar-refractivity contribution in [2.45, 2.75) is 50.0 Å². The van der Waals surface area contributed by atoms with Gasteiger partial charge in [0.05, 0.1) is 12.0 Å². The summed E-state index contributed by atoms with van der Waals surface area (Å²) in [6, 6.07) is 3.75. The van der Waals surface area contributed by atoms with Crippen LogP contribution >= 0.6 is 0 Å². The summed E-state index contributed by atoms with van der Waals surface area (Å²) in [5, 5.41) is 10.2. The van der Waals surface area contributed by atoms with Crippen molar-refractivity contribution in [2.24, 2.45) is 5.92 Å².